The lowest BCUT2D eigenvalue weighted by molar-refractivity contribution is 0.285. The molecule has 0 unspecified atom stereocenters. The summed E-state index contributed by atoms with van der Waals surface area (Å²) in [6.07, 6.45) is 1.52. The van der Waals surface area contributed by atoms with Gasteiger partial charge in [-0.3, -0.25) is 0 Å². The van der Waals surface area contributed by atoms with Gasteiger partial charge in [0.15, 0.2) is 0 Å². The molecule has 0 fully saturated rings. The van der Waals surface area contributed by atoms with E-state index in [1.165, 1.54) is 23.6 Å². The minimum Gasteiger partial charge on any atom is -0.391 e. The van der Waals surface area contributed by atoms with Crippen molar-refractivity contribution in [3.05, 3.63) is 39.8 Å². The van der Waals surface area contributed by atoms with Crippen LogP contribution in [-0.4, -0.2) is 23.7 Å². The molecule has 0 radical (unpaired) electrons. The minimum absolute atomic E-state index is 0.0833. The first-order valence-electron chi connectivity index (χ1n) is 5.49. The lowest BCUT2D eigenvalue weighted by Crippen LogP contribution is -2.24. The van der Waals surface area contributed by atoms with Crippen molar-refractivity contribution in [3.63, 3.8) is 0 Å². The highest BCUT2D eigenvalue weighted by molar-refractivity contribution is 7.89. The third kappa shape index (κ3) is 3.35. The van der Waals surface area contributed by atoms with E-state index in [2.05, 4.69) is 14.9 Å². The van der Waals surface area contributed by atoms with Crippen molar-refractivity contribution in [2.75, 3.05) is 0 Å². The van der Waals surface area contributed by atoms with Gasteiger partial charge >= 0.3 is 0 Å². The molecular formula is C11H13N3O3S2. The summed E-state index contributed by atoms with van der Waals surface area (Å²) >= 11 is 1.27. The van der Waals surface area contributed by atoms with Gasteiger partial charge in [0.05, 0.1) is 23.7 Å². The van der Waals surface area contributed by atoms with E-state index in [0.29, 0.717) is 15.4 Å². The highest BCUT2D eigenvalue weighted by Gasteiger charge is 2.19. The summed E-state index contributed by atoms with van der Waals surface area (Å²) in [6, 6.07) is 4.87. The van der Waals surface area contributed by atoms with Crippen LogP contribution in [0.3, 0.4) is 0 Å². The van der Waals surface area contributed by atoms with Gasteiger partial charge in [0.25, 0.3) is 0 Å². The number of aryl methyl sites for hydroxylation is 1. The second kappa shape index (κ2) is 5.74. The first-order valence-corrected chi connectivity index (χ1v) is 7.79. The van der Waals surface area contributed by atoms with Gasteiger partial charge in [0, 0.05) is 16.0 Å². The van der Waals surface area contributed by atoms with Gasteiger partial charge in [0.1, 0.15) is 0 Å². The smallest absolute Gasteiger partial charge is 0.242 e. The monoisotopic (exact) mass is 299 g/mol. The van der Waals surface area contributed by atoms with Crippen molar-refractivity contribution < 1.29 is 13.5 Å². The van der Waals surface area contributed by atoms with Gasteiger partial charge in [-0.25, -0.2) is 13.1 Å². The summed E-state index contributed by atoms with van der Waals surface area (Å²) in [7, 11) is -3.60. The van der Waals surface area contributed by atoms with Crippen LogP contribution >= 0.6 is 11.3 Å². The Morgan fingerprint density at radius 2 is 2.26 bits per heavy atom. The zero-order valence-corrected chi connectivity index (χ0v) is 11.8. The summed E-state index contributed by atoms with van der Waals surface area (Å²) in [5.41, 5.74) is 0.543. The van der Waals surface area contributed by atoms with Gasteiger partial charge in [-0.2, -0.15) is 10.2 Å². The molecule has 0 saturated carbocycles. The molecule has 0 atom stereocenters. The topological polar surface area (TPSA) is 92.2 Å². The molecule has 0 saturated heterocycles. The average molecular weight is 299 g/mol. The Hall–Kier alpha value is -1.35. The van der Waals surface area contributed by atoms with Crippen molar-refractivity contribution in [3.8, 4) is 0 Å². The molecule has 0 amide bonds. The maximum absolute atomic E-state index is 12.1. The fourth-order valence-electron chi connectivity index (χ4n) is 1.54. The first kappa shape index (κ1) is 14.1. The van der Waals surface area contributed by atoms with Crippen LogP contribution in [-0.2, 0) is 23.2 Å². The number of aliphatic hydroxyl groups excluding tert-OH is 1. The van der Waals surface area contributed by atoms with Crippen molar-refractivity contribution >= 4 is 21.4 Å². The highest BCUT2D eigenvalue weighted by atomic mass is 32.2. The Morgan fingerprint density at radius 1 is 1.47 bits per heavy atom. The largest absolute Gasteiger partial charge is 0.391 e. The summed E-state index contributed by atoms with van der Waals surface area (Å²) in [5.74, 6) is 0. The molecule has 102 valence electrons. The quantitative estimate of drug-likeness (QED) is 0.852. The molecule has 0 spiro atoms. The SMILES string of the molecule is Cc1sc(CO)cc1S(=O)(=O)NCc1cccnn1. The predicted molar refractivity (Wildman–Crippen MR) is 71.0 cm³/mol. The van der Waals surface area contributed by atoms with Gasteiger partial charge in [0.2, 0.25) is 10.0 Å². The van der Waals surface area contributed by atoms with Crippen LogP contribution in [0.4, 0.5) is 0 Å². The standard InChI is InChI=1S/C11H13N3O3S2/c1-8-11(5-10(7-15)18-8)19(16,17)13-6-9-3-2-4-12-14-9/h2-5,13,15H,6-7H2,1H3. The molecule has 8 heteroatoms. The van der Waals surface area contributed by atoms with E-state index in [1.807, 2.05) is 0 Å². The maximum Gasteiger partial charge on any atom is 0.242 e. The molecule has 0 aromatic carbocycles. The van der Waals surface area contributed by atoms with Crippen molar-refractivity contribution in [1.29, 1.82) is 0 Å². The second-order valence-electron chi connectivity index (χ2n) is 3.83. The minimum atomic E-state index is -3.60. The zero-order valence-electron chi connectivity index (χ0n) is 10.2. The van der Waals surface area contributed by atoms with E-state index >= 15 is 0 Å². The van der Waals surface area contributed by atoms with E-state index in [-0.39, 0.29) is 18.0 Å². The number of aromatic nitrogens is 2. The van der Waals surface area contributed by atoms with E-state index < -0.39 is 10.0 Å². The Bertz CT molecular complexity index is 653. The predicted octanol–water partition coefficient (Wildman–Crippen LogP) is 0.817. The van der Waals surface area contributed by atoms with Crippen molar-refractivity contribution in [1.82, 2.24) is 14.9 Å². The van der Waals surface area contributed by atoms with E-state index in [4.69, 9.17) is 5.11 Å². The van der Waals surface area contributed by atoms with Crippen LogP contribution in [0.15, 0.2) is 29.3 Å². The molecule has 2 heterocycles. The van der Waals surface area contributed by atoms with Crippen LogP contribution in [0.1, 0.15) is 15.4 Å². The summed E-state index contributed by atoms with van der Waals surface area (Å²) in [6.45, 7) is 1.63. The van der Waals surface area contributed by atoms with E-state index in [9.17, 15) is 8.42 Å². The molecule has 0 aliphatic rings. The fraction of sp³-hybridized carbons (Fsp3) is 0.273. The van der Waals surface area contributed by atoms with Gasteiger partial charge in [-0.15, -0.1) is 11.3 Å². The number of hydrogen-bond acceptors (Lipinski definition) is 6. The Balaban J connectivity index is 2.16. The molecule has 19 heavy (non-hydrogen) atoms. The Labute approximate surface area is 115 Å². The molecule has 0 aliphatic heterocycles. The molecule has 0 aliphatic carbocycles. The number of nitrogens with one attached hydrogen (secondary N) is 1. The van der Waals surface area contributed by atoms with E-state index in [1.54, 1.807) is 19.1 Å². The van der Waals surface area contributed by atoms with Crippen LogP contribution in [0.25, 0.3) is 0 Å². The second-order valence-corrected chi connectivity index (χ2v) is 6.91. The average Bonchev–Trinajstić information content (AvgIpc) is 2.80. The molecule has 2 rings (SSSR count). The zero-order chi connectivity index (χ0) is 13.9. The summed E-state index contributed by atoms with van der Waals surface area (Å²) < 4.78 is 26.7. The van der Waals surface area contributed by atoms with Crippen LogP contribution in [0, 0.1) is 6.92 Å². The van der Waals surface area contributed by atoms with Gasteiger partial charge in [-0.1, -0.05) is 0 Å². The van der Waals surface area contributed by atoms with Crippen LogP contribution < -0.4 is 4.72 Å². The van der Waals surface area contributed by atoms with Crippen molar-refractivity contribution in [2.45, 2.75) is 25.0 Å². The maximum atomic E-state index is 12.1. The van der Waals surface area contributed by atoms with Crippen LogP contribution in [0.5, 0.6) is 0 Å². The van der Waals surface area contributed by atoms with Crippen molar-refractivity contribution in [2.24, 2.45) is 0 Å². The molecular weight excluding hydrogens is 286 g/mol. The number of aliphatic hydroxyl groups is 1. The Kier molecular flexibility index (Phi) is 4.25. The van der Waals surface area contributed by atoms with Crippen LogP contribution in [0.2, 0.25) is 0 Å². The van der Waals surface area contributed by atoms with Gasteiger partial charge < -0.3 is 5.11 Å². The molecule has 0 bridgehead atoms. The fourth-order valence-corrected chi connectivity index (χ4v) is 4.04. The number of hydrogen-bond donors (Lipinski definition) is 2. The van der Waals surface area contributed by atoms with Gasteiger partial charge in [-0.05, 0) is 25.1 Å². The summed E-state index contributed by atoms with van der Waals surface area (Å²) in [4.78, 5) is 1.47. The normalized spacial score (nSPS) is 11.7. The lowest BCUT2D eigenvalue weighted by Gasteiger charge is -2.05. The summed E-state index contributed by atoms with van der Waals surface area (Å²) in [5, 5.41) is 16.5. The number of thiophene rings is 1. The number of sulfonamides is 1. The highest BCUT2D eigenvalue weighted by Crippen LogP contribution is 2.25. The third-order valence-corrected chi connectivity index (χ3v) is 5.13. The molecule has 2 aromatic heterocycles. The third-order valence-electron chi connectivity index (χ3n) is 2.44. The molecule has 2 aromatic rings. The van der Waals surface area contributed by atoms with E-state index in [0.717, 1.165) is 0 Å². The Morgan fingerprint density at radius 3 is 2.84 bits per heavy atom. The number of rotatable bonds is 5. The number of nitrogens with zero attached hydrogens (tertiary/aromatic N) is 2. The first-order chi connectivity index (χ1) is 9.03. The molecule has 2 N–H and O–H groups in total. The molecule has 6 nitrogen and oxygen atoms in total. The lowest BCUT2D eigenvalue weighted by atomic mass is 10.4.